The van der Waals surface area contributed by atoms with E-state index < -0.39 is 5.97 Å². The molecular weight excluding hydrogens is 178 g/mol. The lowest BCUT2D eigenvalue weighted by Crippen LogP contribution is -2.34. The molecule has 4 nitrogen and oxygen atoms in total. The summed E-state index contributed by atoms with van der Waals surface area (Å²) in [5.74, 6) is -1.29. The first-order valence-corrected chi connectivity index (χ1v) is 3.72. The van der Waals surface area contributed by atoms with E-state index in [0.717, 1.165) is 4.90 Å². The van der Waals surface area contributed by atoms with Crippen molar-refractivity contribution in [2.45, 2.75) is 6.42 Å². The van der Waals surface area contributed by atoms with Gasteiger partial charge in [0.2, 0.25) is 5.91 Å². The first-order chi connectivity index (χ1) is 5.59. The average molecular weight is 185 g/mol. The Morgan fingerprint density at radius 1 is 1.75 bits per heavy atom. The lowest BCUT2D eigenvalue weighted by atomic mass is 10.2. The van der Waals surface area contributed by atoms with Crippen LogP contribution in [0.1, 0.15) is 6.42 Å². The molecule has 1 heterocycles. The van der Waals surface area contributed by atoms with E-state index >= 15 is 0 Å². The standard InChI is InChI=1S/C7H7NO3S/c9-6-3-5(12)1-2-8(6)4-7(10)11/h1-2H,3-4H2,(H,10,11). The van der Waals surface area contributed by atoms with Crippen LogP contribution in [0.2, 0.25) is 0 Å². The molecule has 0 fully saturated rings. The van der Waals surface area contributed by atoms with E-state index in [1.54, 1.807) is 6.08 Å². The molecule has 0 atom stereocenters. The second-order valence-corrected chi connectivity index (χ2v) is 2.90. The van der Waals surface area contributed by atoms with Crippen molar-refractivity contribution in [1.29, 1.82) is 0 Å². The van der Waals surface area contributed by atoms with Gasteiger partial charge < -0.3 is 10.0 Å². The van der Waals surface area contributed by atoms with E-state index in [1.807, 2.05) is 0 Å². The number of nitrogens with zero attached hydrogens (tertiary/aromatic N) is 1. The summed E-state index contributed by atoms with van der Waals surface area (Å²) in [6, 6.07) is 0. The summed E-state index contributed by atoms with van der Waals surface area (Å²) in [6.07, 6.45) is 3.11. The Hall–Kier alpha value is -1.23. The van der Waals surface area contributed by atoms with Crippen molar-refractivity contribution >= 4 is 29.0 Å². The van der Waals surface area contributed by atoms with Crippen LogP contribution in [0.5, 0.6) is 0 Å². The number of aliphatic carboxylic acids is 1. The number of amides is 1. The third-order valence-electron chi connectivity index (χ3n) is 1.39. The zero-order valence-corrected chi connectivity index (χ0v) is 7.00. The van der Waals surface area contributed by atoms with E-state index in [-0.39, 0.29) is 18.9 Å². The molecule has 0 bridgehead atoms. The van der Waals surface area contributed by atoms with Gasteiger partial charge in [0.1, 0.15) is 6.54 Å². The summed E-state index contributed by atoms with van der Waals surface area (Å²) >= 11 is 4.77. The summed E-state index contributed by atoms with van der Waals surface area (Å²) < 4.78 is 0. The summed E-state index contributed by atoms with van der Waals surface area (Å²) in [5, 5.41) is 8.39. The van der Waals surface area contributed by atoms with Crippen molar-refractivity contribution in [3.05, 3.63) is 12.3 Å². The van der Waals surface area contributed by atoms with E-state index in [4.69, 9.17) is 17.3 Å². The highest BCUT2D eigenvalue weighted by atomic mass is 32.1. The van der Waals surface area contributed by atoms with E-state index in [0.29, 0.717) is 4.86 Å². The Morgan fingerprint density at radius 3 is 2.92 bits per heavy atom. The molecule has 1 aliphatic heterocycles. The summed E-state index contributed by atoms with van der Waals surface area (Å²) in [6.45, 7) is -0.294. The van der Waals surface area contributed by atoms with Gasteiger partial charge in [0, 0.05) is 11.1 Å². The second kappa shape index (κ2) is 3.44. The van der Waals surface area contributed by atoms with Gasteiger partial charge in [-0.25, -0.2) is 0 Å². The molecule has 5 heteroatoms. The van der Waals surface area contributed by atoms with Gasteiger partial charge in [0.15, 0.2) is 0 Å². The zero-order chi connectivity index (χ0) is 9.14. The second-order valence-electron chi connectivity index (χ2n) is 2.37. The molecule has 0 aliphatic carbocycles. The number of allylic oxidation sites excluding steroid dienone is 1. The minimum atomic E-state index is -1.03. The molecule has 0 aromatic carbocycles. The van der Waals surface area contributed by atoms with Gasteiger partial charge in [0.25, 0.3) is 0 Å². The predicted octanol–water partition coefficient (Wildman–Crippen LogP) is 0.187. The SMILES string of the molecule is O=C(O)CN1C=CC(=S)CC1=O. The van der Waals surface area contributed by atoms with Crippen molar-refractivity contribution in [1.82, 2.24) is 4.90 Å². The van der Waals surface area contributed by atoms with Gasteiger partial charge in [-0.15, -0.1) is 0 Å². The molecule has 0 unspecified atom stereocenters. The predicted molar refractivity (Wildman–Crippen MR) is 45.7 cm³/mol. The summed E-state index contributed by atoms with van der Waals surface area (Å²) in [4.78, 5) is 23.0. The van der Waals surface area contributed by atoms with Crippen molar-refractivity contribution in [2.24, 2.45) is 0 Å². The van der Waals surface area contributed by atoms with E-state index in [2.05, 4.69) is 0 Å². The fraction of sp³-hybridized carbons (Fsp3) is 0.286. The first kappa shape index (κ1) is 8.86. The third kappa shape index (κ3) is 2.13. The normalized spacial score (nSPS) is 16.8. The largest absolute Gasteiger partial charge is 0.480 e. The molecule has 1 amide bonds. The minimum Gasteiger partial charge on any atom is -0.480 e. The molecule has 1 N–H and O–H groups in total. The van der Waals surface area contributed by atoms with Crippen LogP contribution in [0.25, 0.3) is 0 Å². The Kier molecular flexibility index (Phi) is 2.54. The van der Waals surface area contributed by atoms with Crippen LogP contribution in [0.4, 0.5) is 0 Å². The molecule has 0 spiro atoms. The fourth-order valence-electron chi connectivity index (χ4n) is 0.852. The van der Waals surface area contributed by atoms with Crippen molar-refractivity contribution in [2.75, 3.05) is 6.54 Å². The van der Waals surface area contributed by atoms with E-state index in [1.165, 1.54) is 6.20 Å². The lowest BCUT2D eigenvalue weighted by molar-refractivity contribution is -0.142. The smallest absolute Gasteiger partial charge is 0.323 e. The van der Waals surface area contributed by atoms with Gasteiger partial charge in [-0.3, -0.25) is 9.59 Å². The Bertz CT molecular complexity index is 272. The van der Waals surface area contributed by atoms with Crippen LogP contribution in [-0.4, -0.2) is 33.3 Å². The first-order valence-electron chi connectivity index (χ1n) is 3.32. The number of hydrogen-bond acceptors (Lipinski definition) is 3. The number of carboxylic acid groups (broad SMARTS) is 1. The zero-order valence-electron chi connectivity index (χ0n) is 6.19. The molecule has 0 saturated carbocycles. The van der Waals surface area contributed by atoms with Crippen LogP contribution >= 0.6 is 12.2 Å². The number of thiocarbonyl (C=S) groups is 1. The Balaban J connectivity index is 2.66. The number of hydrogen-bond donors (Lipinski definition) is 1. The van der Waals surface area contributed by atoms with Crippen LogP contribution in [0, 0.1) is 0 Å². The Morgan fingerprint density at radius 2 is 2.42 bits per heavy atom. The van der Waals surface area contributed by atoms with Crippen LogP contribution in [-0.2, 0) is 9.59 Å². The molecule has 0 aromatic heterocycles. The minimum absolute atomic E-state index is 0.138. The molecule has 12 heavy (non-hydrogen) atoms. The fourth-order valence-corrected chi connectivity index (χ4v) is 1.04. The Labute approximate surface area is 74.5 Å². The average Bonchev–Trinajstić information content (AvgIpc) is 1.94. The number of carbonyl (C=O) groups is 2. The van der Waals surface area contributed by atoms with Gasteiger partial charge >= 0.3 is 5.97 Å². The maximum absolute atomic E-state index is 11.1. The quantitative estimate of drug-likeness (QED) is 0.624. The molecule has 0 saturated heterocycles. The number of rotatable bonds is 2. The monoisotopic (exact) mass is 185 g/mol. The van der Waals surface area contributed by atoms with Gasteiger partial charge in [-0.1, -0.05) is 12.2 Å². The molecule has 0 radical (unpaired) electrons. The summed E-state index contributed by atoms with van der Waals surface area (Å²) in [5.41, 5.74) is 0. The van der Waals surface area contributed by atoms with E-state index in [9.17, 15) is 9.59 Å². The molecule has 1 aliphatic rings. The van der Waals surface area contributed by atoms with Crippen molar-refractivity contribution in [3.63, 3.8) is 0 Å². The molecule has 64 valence electrons. The third-order valence-corrected chi connectivity index (χ3v) is 1.67. The molecular formula is C7H7NO3S. The molecule has 1 rings (SSSR count). The summed E-state index contributed by atoms with van der Waals surface area (Å²) in [7, 11) is 0. The lowest BCUT2D eigenvalue weighted by Gasteiger charge is -2.19. The molecule has 0 aromatic rings. The highest BCUT2D eigenvalue weighted by Gasteiger charge is 2.18. The van der Waals surface area contributed by atoms with Crippen LogP contribution in [0.15, 0.2) is 12.3 Å². The van der Waals surface area contributed by atoms with Crippen molar-refractivity contribution in [3.8, 4) is 0 Å². The highest BCUT2D eigenvalue weighted by Crippen LogP contribution is 2.05. The van der Waals surface area contributed by atoms with Gasteiger partial charge in [-0.05, 0) is 6.08 Å². The number of carbonyl (C=O) groups excluding carboxylic acids is 1. The van der Waals surface area contributed by atoms with Gasteiger partial charge in [-0.2, -0.15) is 0 Å². The maximum atomic E-state index is 11.1. The van der Waals surface area contributed by atoms with Crippen LogP contribution < -0.4 is 0 Å². The van der Waals surface area contributed by atoms with Gasteiger partial charge in [0.05, 0.1) is 6.42 Å². The van der Waals surface area contributed by atoms with Crippen LogP contribution in [0.3, 0.4) is 0 Å². The van der Waals surface area contributed by atoms with Crippen molar-refractivity contribution < 1.29 is 14.7 Å². The number of carboxylic acids is 1. The topological polar surface area (TPSA) is 57.6 Å². The highest BCUT2D eigenvalue weighted by molar-refractivity contribution is 7.80. The maximum Gasteiger partial charge on any atom is 0.323 e.